The van der Waals surface area contributed by atoms with E-state index in [2.05, 4.69) is 33.0 Å². The summed E-state index contributed by atoms with van der Waals surface area (Å²) in [5, 5.41) is 4.33. The molecule has 2 unspecified atom stereocenters. The highest BCUT2D eigenvalue weighted by atomic mass is 32.2. The first-order valence-corrected chi connectivity index (χ1v) is 7.29. The Labute approximate surface area is 110 Å². The van der Waals surface area contributed by atoms with E-state index in [9.17, 15) is 4.79 Å². The molecule has 0 spiro atoms. The van der Waals surface area contributed by atoms with E-state index in [1.807, 2.05) is 18.7 Å². The van der Waals surface area contributed by atoms with Crippen molar-refractivity contribution in [3.05, 3.63) is 0 Å². The van der Waals surface area contributed by atoms with Crippen LogP contribution in [-0.2, 0) is 9.53 Å². The zero-order valence-electron chi connectivity index (χ0n) is 12.0. The van der Waals surface area contributed by atoms with E-state index in [1.54, 1.807) is 0 Å². The van der Waals surface area contributed by atoms with Crippen LogP contribution in [-0.4, -0.2) is 35.7 Å². The molecule has 0 saturated heterocycles. The van der Waals surface area contributed by atoms with Crippen LogP contribution in [0, 0.1) is 0 Å². The van der Waals surface area contributed by atoms with Crippen molar-refractivity contribution >= 4 is 17.7 Å². The maximum absolute atomic E-state index is 11.9. The molecular formula is C13H27NO2S. The lowest BCUT2D eigenvalue weighted by Gasteiger charge is -2.31. The number of hydrogen-bond acceptors (Lipinski definition) is 4. The van der Waals surface area contributed by atoms with Gasteiger partial charge in [-0.3, -0.25) is 4.79 Å². The first kappa shape index (κ1) is 16.8. The Bertz CT molecular complexity index is 233. The lowest BCUT2D eigenvalue weighted by atomic mass is 9.96. The van der Waals surface area contributed by atoms with Crippen LogP contribution in [0.5, 0.6) is 0 Å². The Morgan fingerprint density at radius 2 is 2.00 bits per heavy atom. The summed E-state index contributed by atoms with van der Waals surface area (Å²) in [5.41, 5.74) is -0.563. The lowest BCUT2D eigenvalue weighted by molar-refractivity contribution is -0.148. The van der Waals surface area contributed by atoms with Gasteiger partial charge >= 0.3 is 5.97 Å². The SMILES string of the molecule is CCCNC(C)(CC(C)SC(C)C)C(=O)OC. The minimum Gasteiger partial charge on any atom is -0.468 e. The van der Waals surface area contributed by atoms with Crippen molar-refractivity contribution < 1.29 is 9.53 Å². The molecule has 0 aromatic heterocycles. The maximum atomic E-state index is 11.9. The fourth-order valence-electron chi connectivity index (χ4n) is 1.94. The molecule has 0 bridgehead atoms. The molecule has 0 aliphatic carbocycles. The molecule has 17 heavy (non-hydrogen) atoms. The molecule has 4 heteroatoms. The highest BCUT2D eigenvalue weighted by Crippen LogP contribution is 2.26. The lowest BCUT2D eigenvalue weighted by Crippen LogP contribution is -2.52. The quantitative estimate of drug-likeness (QED) is 0.682. The second kappa shape index (κ2) is 7.98. The van der Waals surface area contributed by atoms with Gasteiger partial charge in [-0.15, -0.1) is 0 Å². The minimum atomic E-state index is -0.563. The van der Waals surface area contributed by atoms with Crippen LogP contribution in [0.1, 0.15) is 47.5 Å². The summed E-state index contributed by atoms with van der Waals surface area (Å²) in [5.74, 6) is -0.165. The number of carbonyl (C=O) groups is 1. The highest BCUT2D eigenvalue weighted by Gasteiger charge is 2.35. The van der Waals surface area contributed by atoms with Gasteiger partial charge in [-0.05, 0) is 31.6 Å². The summed E-state index contributed by atoms with van der Waals surface area (Å²) in [4.78, 5) is 11.9. The second-order valence-electron chi connectivity index (χ2n) is 4.95. The third-order valence-corrected chi connectivity index (χ3v) is 3.78. The molecule has 0 aromatic rings. The zero-order valence-corrected chi connectivity index (χ0v) is 12.8. The van der Waals surface area contributed by atoms with E-state index in [0.29, 0.717) is 10.5 Å². The summed E-state index contributed by atoms with van der Waals surface area (Å²) in [6.45, 7) is 11.4. The topological polar surface area (TPSA) is 38.3 Å². The standard InChI is InChI=1S/C13H27NO2S/c1-7-8-14-13(5,12(15)16-6)9-11(4)17-10(2)3/h10-11,14H,7-9H2,1-6H3. The first-order valence-electron chi connectivity index (χ1n) is 6.34. The molecule has 0 aliphatic heterocycles. The van der Waals surface area contributed by atoms with Crippen molar-refractivity contribution in [1.29, 1.82) is 0 Å². The first-order chi connectivity index (χ1) is 7.85. The van der Waals surface area contributed by atoms with Crippen LogP contribution >= 0.6 is 11.8 Å². The molecule has 0 radical (unpaired) electrons. The molecule has 0 aliphatic rings. The van der Waals surface area contributed by atoms with Crippen LogP contribution in [0.15, 0.2) is 0 Å². The van der Waals surface area contributed by atoms with Crippen LogP contribution in [0.2, 0.25) is 0 Å². The smallest absolute Gasteiger partial charge is 0.325 e. The van der Waals surface area contributed by atoms with Crippen molar-refractivity contribution in [3.8, 4) is 0 Å². The van der Waals surface area contributed by atoms with E-state index in [-0.39, 0.29) is 5.97 Å². The van der Waals surface area contributed by atoms with E-state index < -0.39 is 5.54 Å². The zero-order chi connectivity index (χ0) is 13.5. The minimum absolute atomic E-state index is 0.165. The fourth-order valence-corrected chi connectivity index (χ4v) is 3.30. The van der Waals surface area contributed by atoms with Crippen LogP contribution in [0.25, 0.3) is 0 Å². The normalized spacial score (nSPS) is 16.6. The van der Waals surface area contributed by atoms with Crippen molar-refractivity contribution in [1.82, 2.24) is 5.32 Å². The van der Waals surface area contributed by atoms with Gasteiger partial charge in [0.05, 0.1) is 7.11 Å². The number of esters is 1. The summed E-state index contributed by atoms with van der Waals surface area (Å²) in [6.07, 6.45) is 1.81. The Hall–Kier alpha value is -0.220. The Kier molecular flexibility index (Phi) is 7.88. The van der Waals surface area contributed by atoms with E-state index in [4.69, 9.17) is 4.74 Å². The molecule has 0 aromatic carbocycles. The molecule has 0 heterocycles. The molecule has 102 valence electrons. The van der Waals surface area contributed by atoms with Gasteiger partial charge < -0.3 is 10.1 Å². The number of thioether (sulfide) groups is 1. The van der Waals surface area contributed by atoms with Gasteiger partial charge in [0, 0.05) is 5.25 Å². The Balaban J connectivity index is 4.52. The van der Waals surface area contributed by atoms with Crippen molar-refractivity contribution in [2.24, 2.45) is 0 Å². The average Bonchev–Trinajstić information content (AvgIpc) is 2.23. The van der Waals surface area contributed by atoms with Gasteiger partial charge in [0.25, 0.3) is 0 Å². The number of methoxy groups -OCH3 is 1. The fraction of sp³-hybridized carbons (Fsp3) is 0.923. The van der Waals surface area contributed by atoms with Crippen molar-refractivity contribution in [3.63, 3.8) is 0 Å². The summed E-state index contributed by atoms with van der Waals surface area (Å²) in [7, 11) is 1.45. The number of rotatable bonds is 8. The summed E-state index contributed by atoms with van der Waals surface area (Å²) < 4.78 is 4.91. The molecule has 0 fully saturated rings. The third kappa shape index (κ3) is 6.32. The van der Waals surface area contributed by atoms with Crippen molar-refractivity contribution in [2.45, 2.75) is 63.5 Å². The van der Waals surface area contributed by atoms with Crippen molar-refractivity contribution in [2.75, 3.05) is 13.7 Å². The van der Waals surface area contributed by atoms with E-state index in [1.165, 1.54) is 7.11 Å². The molecular weight excluding hydrogens is 234 g/mol. The molecule has 0 saturated carbocycles. The molecule has 3 nitrogen and oxygen atoms in total. The Morgan fingerprint density at radius 3 is 2.41 bits per heavy atom. The number of nitrogens with one attached hydrogen (secondary N) is 1. The molecule has 2 atom stereocenters. The number of carbonyl (C=O) groups excluding carboxylic acids is 1. The van der Waals surface area contributed by atoms with Crippen LogP contribution in [0.3, 0.4) is 0 Å². The van der Waals surface area contributed by atoms with E-state index >= 15 is 0 Å². The number of hydrogen-bond donors (Lipinski definition) is 1. The van der Waals surface area contributed by atoms with Crippen LogP contribution < -0.4 is 5.32 Å². The van der Waals surface area contributed by atoms with Gasteiger partial charge in [0.1, 0.15) is 5.54 Å². The average molecular weight is 261 g/mol. The monoisotopic (exact) mass is 261 g/mol. The van der Waals surface area contributed by atoms with E-state index in [0.717, 1.165) is 19.4 Å². The summed E-state index contributed by atoms with van der Waals surface area (Å²) >= 11 is 1.89. The summed E-state index contributed by atoms with van der Waals surface area (Å²) in [6, 6.07) is 0. The number of ether oxygens (including phenoxy) is 1. The van der Waals surface area contributed by atoms with Gasteiger partial charge in [-0.1, -0.05) is 27.7 Å². The molecule has 0 rings (SSSR count). The third-order valence-electron chi connectivity index (χ3n) is 2.60. The molecule has 1 N–H and O–H groups in total. The predicted molar refractivity (Wildman–Crippen MR) is 75.5 cm³/mol. The van der Waals surface area contributed by atoms with Gasteiger partial charge in [0.2, 0.25) is 0 Å². The van der Waals surface area contributed by atoms with Crippen LogP contribution in [0.4, 0.5) is 0 Å². The highest BCUT2D eigenvalue weighted by molar-refractivity contribution is 8.00. The molecule has 0 amide bonds. The van der Waals surface area contributed by atoms with Gasteiger partial charge in [-0.2, -0.15) is 11.8 Å². The second-order valence-corrected chi connectivity index (χ2v) is 6.97. The largest absolute Gasteiger partial charge is 0.468 e. The predicted octanol–water partition coefficient (Wildman–Crippen LogP) is 2.84. The van der Waals surface area contributed by atoms with Gasteiger partial charge in [0.15, 0.2) is 0 Å². The maximum Gasteiger partial charge on any atom is 0.325 e. The Morgan fingerprint density at radius 1 is 1.41 bits per heavy atom. The van der Waals surface area contributed by atoms with Gasteiger partial charge in [-0.25, -0.2) is 0 Å².